The van der Waals surface area contributed by atoms with Gasteiger partial charge in [0.2, 0.25) is 0 Å². The first-order chi connectivity index (χ1) is 15.4. The molecule has 2 aliphatic rings. The van der Waals surface area contributed by atoms with Gasteiger partial charge in [-0.2, -0.15) is 5.10 Å². The summed E-state index contributed by atoms with van der Waals surface area (Å²) in [5.41, 5.74) is 8.38. The fourth-order valence-electron chi connectivity index (χ4n) is 4.45. The molecule has 2 N–H and O–H groups in total. The SMILES string of the molecule is CC(Oc1cc(-c2cnn(C3CCOCC34CC4)c2)cnc1N)c1c(Cl)ccc(F)c1Cl. The molecule has 168 valence electrons. The predicted molar refractivity (Wildman–Crippen MR) is 121 cm³/mol. The van der Waals surface area contributed by atoms with Crippen LogP contribution in [0.4, 0.5) is 10.2 Å². The molecule has 5 rings (SSSR count). The molecule has 2 aromatic heterocycles. The molecule has 6 nitrogen and oxygen atoms in total. The maximum absolute atomic E-state index is 13.9. The van der Waals surface area contributed by atoms with Crippen LogP contribution in [0.15, 0.2) is 36.8 Å². The zero-order valence-corrected chi connectivity index (χ0v) is 19.0. The van der Waals surface area contributed by atoms with E-state index in [1.807, 2.05) is 12.4 Å². The van der Waals surface area contributed by atoms with E-state index in [0.717, 1.165) is 30.8 Å². The third-order valence-electron chi connectivity index (χ3n) is 6.45. The largest absolute Gasteiger partial charge is 0.482 e. The van der Waals surface area contributed by atoms with Crippen molar-refractivity contribution >= 4 is 29.0 Å². The predicted octanol–water partition coefficient (Wildman–Crippen LogP) is 5.85. The average Bonchev–Trinajstić information content (AvgIpc) is 3.35. The molecule has 0 radical (unpaired) electrons. The number of ether oxygens (including phenoxy) is 2. The number of benzene rings is 1. The molecule has 2 unspecified atom stereocenters. The van der Waals surface area contributed by atoms with Crippen LogP contribution in [-0.2, 0) is 4.74 Å². The number of nitrogen functional groups attached to an aromatic ring is 1. The van der Waals surface area contributed by atoms with Crippen molar-refractivity contribution in [1.29, 1.82) is 0 Å². The van der Waals surface area contributed by atoms with Gasteiger partial charge in [-0.25, -0.2) is 9.37 Å². The monoisotopic (exact) mass is 476 g/mol. The van der Waals surface area contributed by atoms with Crippen LogP contribution in [0, 0.1) is 11.2 Å². The number of nitrogens with two attached hydrogens (primary N) is 1. The molecular formula is C23H23Cl2FN4O2. The van der Waals surface area contributed by atoms with E-state index < -0.39 is 11.9 Å². The Bertz CT molecular complexity index is 1160. The van der Waals surface area contributed by atoms with Crippen molar-refractivity contribution in [3.8, 4) is 16.9 Å². The average molecular weight is 477 g/mol. The van der Waals surface area contributed by atoms with E-state index in [9.17, 15) is 4.39 Å². The minimum Gasteiger partial charge on any atom is -0.482 e. The van der Waals surface area contributed by atoms with Crippen molar-refractivity contribution in [3.63, 3.8) is 0 Å². The fraction of sp³-hybridized carbons (Fsp3) is 0.391. The fourth-order valence-corrected chi connectivity index (χ4v) is 5.13. The summed E-state index contributed by atoms with van der Waals surface area (Å²) in [5, 5.41) is 4.88. The Hall–Kier alpha value is -2.35. The lowest BCUT2D eigenvalue weighted by Crippen LogP contribution is -2.31. The zero-order chi connectivity index (χ0) is 22.5. The van der Waals surface area contributed by atoms with Crippen molar-refractivity contribution in [3.05, 3.63) is 58.2 Å². The second-order valence-corrected chi connectivity index (χ2v) is 9.34. The summed E-state index contributed by atoms with van der Waals surface area (Å²) in [7, 11) is 0. The van der Waals surface area contributed by atoms with Crippen LogP contribution in [0.1, 0.15) is 43.9 Å². The number of pyridine rings is 1. The highest BCUT2D eigenvalue weighted by Crippen LogP contribution is 2.57. The molecule has 0 bridgehead atoms. The van der Waals surface area contributed by atoms with Crippen LogP contribution in [0.3, 0.4) is 0 Å². The highest BCUT2D eigenvalue weighted by atomic mass is 35.5. The first kappa shape index (κ1) is 21.5. The van der Waals surface area contributed by atoms with Gasteiger partial charge in [-0.3, -0.25) is 4.68 Å². The topological polar surface area (TPSA) is 75.2 Å². The number of hydrogen-bond donors (Lipinski definition) is 1. The van der Waals surface area contributed by atoms with Gasteiger partial charge in [0.1, 0.15) is 11.9 Å². The Morgan fingerprint density at radius 3 is 2.88 bits per heavy atom. The summed E-state index contributed by atoms with van der Waals surface area (Å²) in [5.74, 6) is 0.0252. The Balaban J connectivity index is 1.40. The van der Waals surface area contributed by atoms with Crippen LogP contribution in [0.5, 0.6) is 5.75 Å². The minimum atomic E-state index is -0.635. The van der Waals surface area contributed by atoms with Crippen LogP contribution >= 0.6 is 23.2 Å². The van der Waals surface area contributed by atoms with E-state index in [0.29, 0.717) is 22.4 Å². The number of anilines is 1. The van der Waals surface area contributed by atoms with Gasteiger partial charge in [0.05, 0.1) is 23.9 Å². The molecule has 1 spiro atoms. The first-order valence-corrected chi connectivity index (χ1v) is 11.3. The Morgan fingerprint density at radius 1 is 1.28 bits per heavy atom. The Labute approximate surface area is 195 Å². The summed E-state index contributed by atoms with van der Waals surface area (Å²) in [4.78, 5) is 4.28. The van der Waals surface area contributed by atoms with Crippen LogP contribution in [-0.4, -0.2) is 28.0 Å². The molecule has 3 heterocycles. The normalized spacial score (nSPS) is 20.3. The highest BCUT2D eigenvalue weighted by molar-refractivity contribution is 6.36. The molecular weight excluding hydrogens is 454 g/mol. The summed E-state index contributed by atoms with van der Waals surface area (Å²) in [6.45, 7) is 3.29. The minimum absolute atomic E-state index is 0.0700. The van der Waals surface area contributed by atoms with E-state index in [1.165, 1.54) is 25.0 Å². The van der Waals surface area contributed by atoms with Gasteiger partial charge in [-0.05, 0) is 44.4 Å². The molecule has 1 aliphatic carbocycles. The van der Waals surface area contributed by atoms with Crippen molar-refractivity contribution in [2.24, 2.45) is 5.41 Å². The zero-order valence-electron chi connectivity index (χ0n) is 17.5. The highest BCUT2D eigenvalue weighted by Gasteiger charge is 2.52. The third-order valence-corrected chi connectivity index (χ3v) is 7.16. The number of halogens is 3. The number of rotatable bonds is 5. The number of aromatic nitrogens is 3. The Morgan fingerprint density at radius 2 is 2.09 bits per heavy atom. The quantitative estimate of drug-likeness (QED) is 0.467. The molecule has 9 heteroatoms. The van der Waals surface area contributed by atoms with E-state index in [4.69, 9.17) is 38.4 Å². The number of hydrogen-bond acceptors (Lipinski definition) is 5. The number of nitrogens with zero attached hydrogens (tertiary/aromatic N) is 3. The van der Waals surface area contributed by atoms with Crippen molar-refractivity contribution < 1.29 is 13.9 Å². The second kappa shape index (κ2) is 8.21. The van der Waals surface area contributed by atoms with E-state index in [-0.39, 0.29) is 16.3 Å². The molecule has 1 saturated carbocycles. The van der Waals surface area contributed by atoms with Crippen LogP contribution in [0.2, 0.25) is 10.0 Å². The van der Waals surface area contributed by atoms with Gasteiger partial charge in [0.25, 0.3) is 0 Å². The van der Waals surface area contributed by atoms with Gasteiger partial charge in [0, 0.05) is 46.1 Å². The Kier molecular flexibility index (Phi) is 5.51. The van der Waals surface area contributed by atoms with E-state index in [2.05, 4.69) is 14.8 Å². The van der Waals surface area contributed by atoms with Crippen molar-refractivity contribution in [2.75, 3.05) is 18.9 Å². The van der Waals surface area contributed by atoms with Gasteiger partial charge < -0.3 is 15.2 Å². The summed E-state index contributed by atoms with van der Waals surface area (Å²) in [6.07, 6.45) is 8.23. The summed E-state index contributed by atoms with van der Waals surface area (Å²) < 4.78 is 27.7. The third kappa shape index (κ3) is 3.83. The van der Waals surface area contributed by atoms with Gasteiger partial charge in [0.15, 0.2) is 11.6 Å². The molecule has 32 heavy (non-hydrogen) atoms. The van der Waals surface area contributed by atoms with E-state index in [1.54, 1.807) is 19.2 Å². The molecule has 2 atom stereocenters. The summed E-state index contributed by atoms with van der Waals surface area (Å²) >= 11 is 12.4. The summed E-state index contributed by atoms with van der Waals surface area (Å²) in [6, 6.07) is 4.82. The van der Waals surface area contributed by atoms with Gasteiger partial charge >= 0.3 is 0 Å². The van der Waals surface area contributed by atoms with Crippen LogP contribution < -0.4 is 10.5 Å². The van der Waals surface area contributed by atoms with Gasteiger partial charge in [-0.1, -0.05) is 23.2 Å². The maximum atomic E-state index is 13.9. The molecule has 1 saturated heterocycles. The van der Waals surface area contributed by atoms with E-state index >= 15 is 0 Å². The smallest absolute Gasteiger partial charge is 0.166 e. The molecule has 2 fully saturated rings. The maximum Gasteiger partial charge on any atom is 0.166 e. The molecule has 1 aliphatic heterocycles. The lowest BCUT2D eigenvalue weighted by atomic mass is 9.93. The van der Waals surface area contributed by atoms with Crippen LogP contribution in [0.25, 0.3) is 11.1 Å². The standard InChI is InChI=1S/C23H23Cl2FN4O2/c1-13(20-16(24)2-3-17(26)21(20)25)32-18-8-14(9-28-22(18)27)15-10-29-30(11-15)19-4-7-31-12-23(19)5-6-23/h2-3,8-11,13,19H,4-7,12H2,1H3,(H2,27,28). The lowest BCUT2D eigenvalue weighted by Gasteiger charge is -2.31. The molecule has 1 aromatic carbocycles. The molecule has 0 amide bonds. The first-order valence-electron chi connectivity index (χ1n) is 10.6. The molecule has 3 aromatic rings. The lowest BCUT2D eigenvalue weighted by molar-refractivity contribution is 0.00439. The van der Waals surface area contributed by atoms with Gasteiger partial charge in [-0.15, -0.1) is 0 Å². The van der Waals surface area contributed by atoms with Crippen molar-refractivity contribution in [2.45, 2.75) is 38.3 Å². The second-order valence-electron chi connectivity index (χ2n) is 8.55. The van der Waals surface area contributed by atoms with Crippen molar-refractivity contribution in [1.82, 2.24) is 14.8 Å².